The van der Waals surface area contributed by atoms with Crippen molar-refractivity contribution < 1.29 is 9.64 Å². The van der Waals surface area contributed by atoms with Crippen LogP contribution in [0.5, 0.6) is 5.75 Å². The summed E-state index contributed by atoms with van der Waals surface area (Å²) in [5.74, 6) is 1.00. The van der Waals surface area contributed by atoms with Crippen molar-refractivity contribution in [1.29, 1.82) is 0 Å². The molecule has 94 valence electrons. The summed E-state index contributed by atoms with van der Waals surface area (Å²) in [6, 6.07) is 8.32. The third-order valence-corrected chi connectivity index (χ3v) is 3.53. The van der Waals surface area contributed by atoms with Gasteiger partial charge in [-0.25, -0.2) is 0 Å². The van der Waals surface area contributed by atoms with Gasteiger partial charge in [-0.15, -0.1) is 0 Å². The van der Waals surface area contributed by atoms with Gasteiger partial charge in [-0.2, -0.15) is 0 Å². The summed E-state index contributed by atoms with van der Waals surface area (Å²) in [7, 11) is 0. The number of hydrogen-bond donors (Lipinski definition) is 1. The Hall–Kier alpha value is -1.02. The maximum absolute atomic E-state index is 5.74. The predicted molar refractivity (Wildman–Crippen MR) is 70.7 cm³/mol. The molecule has 17 heavy (non-hydrogen) atoms. The highest BCUT2D eigenvalue weighted by atomic mass is 16.5. The lowest BCUT2D eigenvalue weighted by Crippen LogP contribution is -3.12. The van der Waals surface area contributed by atoms with Crippen molar-refractivity contribution in [2.75, 3.05) is 26.2 Å². The maximum Gasteiger partial charge on any atom is 0.119 e. The molecule has 1 aromatic rings. The van der Waals surface area contributed by atoms with Crippen LogP contribution in [0.4, 0.5) is 0 Å². The van der Waals surface area contributed by atoms with Gasteiger partial charge in [-0.05, 0) is 38.3 Å². The topological polar surface area (TPSA) is 13.7 Å². The molecule has 0 bridgehead atoms. The van der Waals surface area contributed by atoms with Crippen molar-refractivity contribution in [2.24, 2.45) is 0 Å². The predicted octanol–water partition coefficient (Wildman–Crippen LogP) is 1.83. The van der Waals surface area contributed by atoms with Gasteiger partial charge in [-0.3, -0.25) is 0 Å². The summed E-state index contributed by atoms with van der Waals surface area (Å²) < 4.78 is 5.74. The number of piperidine rings is 1. The number of benzene rings is 1. The fourth-order valence-electron chi connectivity index (χ4n) is 2.45. The number of nitrogens with one attached hydrogen (secondary N) is 1. The SMILES string of the molecule is Cc1ccc(OCCC[NH+]2CCCCC2)cc1. The Morgan fingerprint density at radius 1 is 1.06 bits per heavy atom. The highest BCUT2D eigenvalue weighted by Gasteiger charge is 2.12. The summed E-state index contributed by atoms with van der Waals surface area (Å²) >= 11 is 0. The van der Waals surface area contributed by atoms with E-state index in [9.17, 15) is 0 Å². The van der Waals surface area contributed by atoms with Crippen LogP contribution in [0, 0.1) is 6.92 Å². The number of rotatable bonds is 5. The lowest BCUT2D eigenvalue weighted by Gasteiger charge is -2.23. The van der Waals surface area contributed by atoms with Crippen molar-refractivity contribution in [1.82, 2.24) is 0 Å². The molecule has 0 unspecified atom stereocenters. The molecule has 1 N–H and O–H groups in total. The van der Waals surface area contributed by atoms with E-state index in [1.54, 1.807) is 4.90 Å². The molecule has 0 aromatic heterocycles. The van der Waals surface area contributed by atoms with Crippen LogP contribution in [0.1, 0.15) is 31.2 Å². The highest BCUT2D eigenvalue weighted by molar-refractivity contribution is 5.26. The van der Waals surface area contributed by atoms with Gasteiger partial charge in [0, 0.05) is 6.42 Å². The number of ether oxygens (including phenoxy) is 1. The third kappa shape index (κ3) is 4.39. The standard InChI is InChI=1S/C15H23NO/c1-14-6-8-15(9-7-14)17-13-5-12-16-10-3-2-4-11-16/h6-9H,2-5,10-13H2,1H3/p+1. The van der Waals surface area contributed by atoms with Crippen LogP contribution in [-0.2, 0) is 0 Å². The second kappa shape index (κ2) is 6.65. The molecule has 0 aliphatic carbocycles. The molecule has 0 spiro atoms. The number of hydrogen-bond acceptors (Lipinski definition) is 1. The van der Waals surface area contributed by atoms with Crippen LogP contribution >= 0.6 is 0 Å². The van der Waals surface area contributed by atoms with E-state index in [-0.39, 0.29) is 0 Å². The molecule has 2 heteroatoms. The first-order valence-corrected chi connectivity index (χ1v) is 6.87. The van der Waals surface area contributed by atoms with E-state index in [0.29, 0.717) is 0 Å². The van der Waals surface area contributed by atoms with Gasteiger partial charge in [-0.1, -0.05) is 17.7 Å². The van der Waals surface area contributed by atoms with E-state index in [1.165, 1.54) is 50.9 Å². The summed E-state index contributed by atoms with van der Waals surface area (Å²) in [4.78, 5) is 1.77. The van der Waals surface area contributed by atoms with Crippen LogP contribution in [0.2, 0.25) is 0 Å². The third-order valence-electron chi connectivity index (χ3n) is 3.53. The van der Waals surface area contributed by atoms with E-state index >= 15 is 0 Å². The molecule has 1 aliphatic rings. The lowest BCUT2D eigenvalue weighted by atomic mass is 10.1. The van der Waals surface area contributed by atoms with Crippen molar-refractivity contribution >= 4 is 0 Å². The second-order valence-corrected chi connectivity index (χ2v) is 5.08. The van der Waals surface area contributed by atoms with Crippen molar-refractivity contribution in [3.63, 3.8) is 0 Å². The molecular formula is C15H24NO+. The highest BCUT2D eigenvalue weighted by Crippen LogP contribution is 2.11. The monoisotopic (exact) mass is 234 g/mol. The number of aryl methyl sites for hydroxylation is 1. The molecule has 2 nitrogen and oxygen atoms in total. The maximum atomic E-state index is 5.74. The van der Waals surface area contributed by atoms with Crippen molar-refractivity contribution in [3.8, 4) is 5.75 Å². The average molecular weight is 234 g/mol. The number of quaternary nitrogens is 1. The summed E-state index contributed by atoms with van der Waals surface area (Å²) in [6.45, 7) is 6.96. The molecule has 1 fully saturated rings. The fourth-order valence-corrected chi connectivity index (χ4v) is 2.45. The van der Waals surface area contributed by atoms with Crippen LogP contribution in [0.3, 0.4) is 0 Å². The normalized spacial score (nSPS) is 17.0. The van der Waals surface area contributed by atoms with Crippen LogP contribution < -0.4 is 9.64 Å². The first kappa shape index (κ1) is 12.4. The molecule has 0 saturated carbocycles. The zero-order valence-electron chi connectivity index (χ0n) is 10.9. The molecule has 0 radical (unpaired) electrons. The summed E-state index contributed by atoms with van der Waals surface area (Å²) in [5.41, 5.74) is 1.29. The van der Waals surface area contributed by atoms with E-state index in [2.05, 4.69) is 31.2 Å². The molecule has 1 heterocycles. The minimum Gasteiger partial charge on any atom is -0.493 e. The molecular weight excluding hydrogens is 210 g/mol. The summed E-state index contributed by atoms with van der Waals surface area (Å²) in [6.07, 6.45) is 5.43. The van der Waals surface area contributed by atoms with Gasteiger partial charge >= 0.3 is 0 Å². The largest absolute Gasteiger partial charge is 0.493 e. The molecule has 0 atom stereocenters. The Bertz CT molecular complexity index is 314. The molecule has 1 saturated heterocycles. The minimum atomic E-state index is 0.854. The van der Waals surface area contributed by atoms with Crippen molar-refractivity contribution in [2.45, 2.75) is 32.6 Å². The molecule has 1 aliphatic heterocycles. The first-order valence-electron chi connectivity index (χ1n) is 6.87. The molecule has 0 amide bonds. The van der Waals surface area contributed by atoms with Crippen LogP contribution in [-0.4, -0.2) is 26.2 Å². The van der Waals surface area contributed by atoms with E-state index in [4.69, 9.17) is 4.74 Å². The smallest absolute Gasteiger partial charge is 0.119 e. The van der Waals surface area contributed by atoms with Gasteiger partial charge in [0.2, 0.25) is 0 Å². The quantitative estimate of drug-likeness (QED) is 0.767. The van der Waals surface area contributed by atoms with Gasteiger partial charge in [0.1, 0.15) is 5.75 Å². The van der Waals surface area contributed by atoms with E-state index in [1.807, 2.05) is 0 Å². The van der Waals surface area contributed by atoms with Gasteiger partial charge < -0.3 is 9.64 Å². The Morgan fingerprint density at radius 3 is 2.47 bits per heavy atom. The Balaban J connectivity index is 1.60. The number of likely N-dealkylation sites (tertiary alicyclic amines) is 1. The van der Waals surface area contributed by atoms with Crippen LogP contribution in [0.25, 0.3) is 0 Å². The van der Waals surface area contributed by atoms with Gasteiger partial charge in [0.05, 0.1) is 26.2 Å². The van der Waals surface area contributed by atoms with E-state index in [0.717, 1.165) is 12.4 Å². The van der Waals surface area contributed by atoms with Crippen molar-refractivity contribution in [3.05, 3.63) is 29.8 Å². The fraction of sp³-hybridized carbons (Fsp3) is 0.600. The Kier molecular flexibility index (Phi) is 4.87. The minimum absolute atomic E-state index is 0.854. The average Bonchev–Trinajstić information content (AvgIpc) is 2.38. The Labute approximate surface area is 105 Å². The molecule has 1 aromatic carbocycles. The van der Waals surface area contributed by atoms with Gasteiger partial charge in [0.15, 0.2) is 0 Å². The molecule has 2 rings (SSSR count). The summed E-state index contributed by atoms with van der Waals surface area (Å²) in [5, 5.41) is 0. The van der Waals surface area contributed by atoms with E-state index < -0.39 is 0 Å². The van der Waals surface area contributed by atoms with Gasteiger partial charge in [0.25, 0.3) is 0 Å². The second-order valence-electron chi connectivity index (χ2n) is 5.08. The lowest BCUT2D eigenvalue weighted by molar-refractivity contribution is -0.905. The first-order chi connectivity index (χ1) is 8.34. The zero-order chi connectivity index (χ0) is 11.9. The Morgan fingerprint density at radius 2 is 1.76 bits per heavy atom. The zero-order valence-corrected chi connectivity index (χ0v) is 10.9. The van der Waals surface area contributed by atoms with Crippen LogP contribution in [0.15, 0.2) is 24.3 Å².